The number of aliphatic imine (C=N–C) groups is 1. The molecule has 5 nitrogen and oxygen atoms in total. The Bertz CT molecular complexity index is 833. The Labute approximate surface area is 169 Å². The summed E-state index contributed by atoms with van der Waals surface area (Å²) in [6, 6.07) is 8.38. The zero-order valence-electron chi connectivity index (χ0n) is 14.7. The highest BCUT2D eigenvalue weighted by Crippen LogP contribution is 2.18. The van der Waals surface area contributed by atoms with E-state index >= 15 is 0 Å². The van der Waals surface area contributed by atoms with Crippen molar-refractivity contribution in [2.45, 2.75) is 26.8 Å². The average Bonchev–Trinajstić information content (AvgIpc) is 3.14. The Kier molecular flexibility index (Phi) is 7.24. The molecule has 2 heterocycles. The number of hydrogen-bond acceptors (Lipinski definition) is 3. The van der Waals surface area contributed by atoms with E-state index in [2.05, 4.69) is 63.0 Å². The molecule has 0 aliphatic carbocycles. The highest BCUT2D eigenvalue weighted by Gasteiger charge is 2.06. The van der Waals surface area contributed by atoms with Gasteiger partial charge in [0, 0.05) is 35.6 Å². The van der Waals surface area contributed by atoms with Crippen LogP contribution < -0.4 is 10.6 Å². The predicted molar refractivity (Wildman–Crippen MR) is 117 cm³/mol. The lowest BCUT2D eigenvalue weighted by atomic mass is 10.1. The molecular weight excluding hydrogens is 445 g/mol. The molecule has 7 heteroatoms. The minimum absolute atomic E-state index is 0. The molecule has 3 rings (SSSR count). The predicted octanol–water partition coefficient (Wildman–Crippen LogP) is 3.77. The number of H-pyrrole nitrogens is 1. The first-order valence-corrected chi connectivity index (χ1v) is 8.91. The van der Waals surface area contributed by atoms with Crippen LogP contribution in [-0.4, -0.2) is 29.5 Å². The van der Waals surface area contributed by atoms with E-state index in [9.17, 15) is 0 Å². The molecule has 1 aromatic carbocycles. The molecule has 0 saturated carbocycles. The SMILES string of the molecule is CN=C(NCCc1c[nH]c2ccccc12)NCc1nc(C)c(C)s1.I. The highest BCUT2D eigenvalue weighted by atomic mass is 127. The fourth-order valence-electron chi connectivity index (χ4n) is 2.65. The summed E-state index contributed by atoms with van der Waals surface area (Å²) in [6.07, 6.45) is 3.03. The summed E-state index contributed by atoms with van der Waals surface area (Å²) in [5, 5.41) is 9.06. The molecule has 0 bridgehead atoms. The number of fused-ring (bicyclic) bond motifs is 1. The molecule has 134 valence electrons. The van der Waals surface area contributed by atoms with Crippen LogP contribution in [0, 0.1) is 13.8 Å². The maximum atomic E-state index is 4.54. The minimum atomic E-state index is 0. The van der Waals surface area contributed by atoms with Gasteiger partial charge in [-0.15, -0.1) is 35.3 Å². The number of nitrogens with zero attached hydrogens (tertiary/aromatic N) is 2. The van der Waals surface area contributed by atoms with Crippen LogP contribution in [0.5, 0.6) is 0 Å². The Morgan fingerprint density at radius 3 is 2.76 bits per heavy atom. The molecule has 3 N–H and O–H groups in total. The van der Waals surface area contributed by atoms with Gasteiger partial charge >= 0.3 is 0 Å². The highest BCUT2D eigenvalue weighted by molar-refractivity contribution is 14.0. The second-order valence-electron chi connectivity index (χ2n) is 5.71. The molecule has 0 atom stereocenters. The van der Waals surface area contributed by atoms with Crippen LogP contribution in [0.25, 0.3) is 10.9 Å². The lowest BCUT2D eigenvalue weighted by molar-refractivity contribution is 0.792. The number of guanidine groups is 1. The molecule has 0 aliphatic heterocycles. The summed E-state index contributed by atoms with van der Waals surface area (Å²) in [7, 11) is 1.79. The second-order valence-corrected chi connectivity index (χ2v) is 7.00. The number of halogens is 1. The summed E-state index contributed by atoms with van der Waals surface area (Å²) in [5.41, 5.74) is 3.61. The summed E-state index contributed by atoms with van der Waals surface area (Å²) in [5.74, 6) is 0.806. The van der Waals surface area contributed by atoms with Crippen molar-refractivity contribution in [3.05, 3.63) is 51.6 Å². The molecule has 0 saturated heterocycles. The topological polar surface area (TPSA) is 65.1 Å². The average molecular weight is 469 g/mol. The van der Waals surface area contributed by atoms with Gasteiger partial charge in [-0.3, -0.25) is 4.99 Å². The number of aromatic amines is 1. The Balaban J connectivity index is 0.00000225. The number of aryl methyl sites for hydroxylation is 2. The van der Waals surface area contributed by atoms with E-state index in [1.807, 2.05) is 6.92 Å². The smallest absolute Gasteiger partial charge is 0.191 e. The Morgan fingerprint density at radius 1 is 1.24 bits per heavy atom. The van der Waals surface area contributed by atoms with E-state index in [-0.39, 0.29) is 24.0 Å². The summed E-state index contributed by atoms with van der Waals surface area (Å²) < 4.78 is 0. The molecule has 0 radical (unpaired) electrons. The third-order valence-electron chi connectivity index (χ3n) is 4.07. The maximum absolute atomic E-state index is 4.54. The van der Waals surface area contributed by atoms with E-state index in [4.69, 9.17) is 0 Å². The standard InChI is InChI=1S/C18H23N5S.HI/c1-12-13(2)24-17(23-12)11-22-18(19-3)20-9-8-14-10-21-16-7-5-4-6-15(14)16;/h4-7,10,21H,8-9,11H2,1-3H3,(H2,19,20,22);1H. The van der Waals surface area contributed by atoms with Gasteiger partial charge in [-0.25, -0.2) is 4.98 Å². The summed E-state index contributed by atoms with van der Waals surface area (Å²) >= 11 is 1.73. The number of thiazole rings is 1. The van der Waals surface area contributed by atoms with E-state index < -0.39 is 0 Å². The molecule has 0 amide bonds. The lowest BCUT2D eigenvalue weighted by Gasteiger charge is -2.10. The van der Waals surface area contributed by atoms with Gasteiger partial charge in [-0.2, -0.15) is 0 Å². The largest absolute Gasteiger partial charge is 0.361 e. The van der Waals surface area contributed by atoms with Crippen molar-refractivity contribution in [1.29, 1.82) is 0 Å². The van der Waals surface area contributed by atoms with Crippen molar-refractivity contribution in [3.63, 3.8) is 0 Å². The number of rotatable bonds is 5. The van der Waals surface area contributed by atoms with Gasteiger partial charge in [0.1, 0.15) is 5.01 Å². The van der Waals surface area contributed by atoms with Crippen LogP contribution in [0.3, 0.4) is 0 Å². The summed E-state index contributed by atoms with van der Waals surface area (Å²) in [4.78, 5) is 13.4. The molecule has 0 fully saturated rings. The second kappa shape index (κ2) is 9.19. The van der Waals surface area contributed by atoms with Crippen molar-refractivity contribution < 1.29 is 0 Å². The van der Waals surface area contributed by atoms with Crippen LogP contribution in [0.1, 0.15) is 21.1 Å². The number of para-hydroxylation sites is 1. The van der Waals surface area contributed by atoms with Gasteiger partial charge in [-0.05, 0) is 31.9 Å². The lowest BCUT2D eigenvalue weighted by Crippen LogP contribution is -2.37. The van der Waals surface area contributed by atoms with Gasteiger partial charge in [0.25, 0.3) is 0 Å². The number of aromatic nitrogens is 2. The quantitative estimate of drug-likeness (QED) is 0.303. The molecule has 0 unspecified atom stereocenters. The van der Waals surface area contributed by atoms with Crippen molar-refractivity contribution >= 4 is 52.2 Å². The fourth-order valence-corrected chi connectivity index (χ4v) is 3.52. The number of hydrogen-bond donors (Lipinski definition) is 3. The molecule has 0 spiro atoms. The molecular formula is C18H24IN5S. The van der Waals surface area contributed by atoms with Crippen molar-refractivity contribution in [2.75, 3.05) is 13.6 Å². The zero-order valence-corrected chi connectivity index (χ0v) is 17.9. The van der Waals surface area contributed by atoms with Crippen molar-refractivity contribution in [3.8, 4) is 0 Å². The van der Waals surface area contributed by atoms with E-state index in [0.717, 1.165) is 29.6 Å². The normalized spacial score (nSPS) is 11.4. The number of nitrogens with one attached hydrogen (secondary N) is 3. The van der Waals surface area contributed by atoms with Gasteiger partial charge in [-0.1, -0.05) is 18.2 Å². The van der Waals surface area contributed by atoms with Gasteiger partial charge in [0.15, 0.2) is 5.96 Å². The van der Waals surface area contributed by atoms with Gasteiger partial charge in [0.2, 0.25) is 0 Å². The van der Waals surface area contributed by atoms with Crippen molar-refractivity contribution in [2.24, 2.45) is 4.99 Å². The van der Waals surface area contributed by atoms with Crippen LogP contribution in [-0.2, 0) is 13.0 Å². The zero-order chi connectivity index (χ0) is 16.9. The Hall–Kier alpha value is -1.61. The monoisotopic (exact) mass is 469 g/mol. The van der Waals surface area contributed by atoms with Crippen LogP contribution in [0.15, 0.2) is 35.5 Å². The molecule has 2 aromatic heterocycles. The minimum Gasteiger partial charge on any atom is -0.361 e. The van der Waals surface area contributed by atoms with Crippen LogP contribution in [0.4, 0.5) is 0 Å². The first-order valence-electron chi connectivity index (χ1n) is 8.10. The molecule has 0 aliphatic rings. The van der Waals surface area contributed by atoms with Gasteiger partial charge < -0.3 is 15.6 Å². The fraction of sp³-hybridized carbons (Fsp3) is 0.333. The van der Waals surface area contributed by atoms with Crippen LogP contribution >= 0.6 is 35.3 Å². The maximum Gasteiger partial charge on any atom is 0.191 e. The van der Waals surface area contributed by atoms with E-state index in [1.54, 1.807) is 18.4 Å². The van der Waals surface area contributed by atoms with Crippen LogP contribution in [0.2, 0.25) is 0 Å². The first-order chi connectivity index (χ1) is 11.7. The number of benzene rings is 1. The summed E-state index contributed by atoms with van der Waals surface area (Å²) in [6.45, 7) is 5.68. The Morgan fingerprint density at radius 2 is 2.04 bits per heavy atom. The van der Waals surface area contributed by atoms with Crippen molar-refractivity contribution in [1.82, 2.24) is 20.6 Å². The molecule has 3 aromatic rings. The van der Waals surface area contributed by atoms with E-state index in [1.165, 1.54) is 21.3 Å². The van der Waals surface area contributed by atoms with E-state index in [0.29, 0.717) is 6.54 Å². The third kappa shape index (κ3) is 4.94. The first kappa shape index (κ1) is 19.7. The van der Waals surface area contributed by atoms with Gasteiger partial charge in [0.05, 0.1) is 12.2 Å². The molecule has 25 heavy (non-hydrogen) atoms. The third-order valence-corrected chi connectivity index (χ3v) is 5.14.